The number of benzene rings is 1. The third-order valence-corrected chi connectivity index (χ3v) is 5.53. The highest BCUT2D eigenvalue weighted by Crippen LogP contribution is 2.37. The van der Waals surface area contributed by atoms with Crippen LogP contribution in [-0.2, 0) is 16.0 Å². The zero-order valence-corrected chi connectivity index (χ0v) is 18.7. The number of aliphatic hydroxyl groups excluding tert-OH is 1. The lowest BCUT2D eigenvalue weighted by Gasteiger charge is -2.21. The molecule has 162 valence electrons. The maximum atomic E-state index is 10.2. The number of terminal acetylenes is 1. The van der Waals surface area contributed by atoms with Gasteiger partial charge in [0.2, 0.25) is 5.28 Å². The third-order valence-electron chi connectivity index (χ3n) is 4.83. The minimum atomic E-state index is -0.927. The molecule has 4 N–H and O–H groups in total. The van der Waals surface area contributed by atoms with Crippen molar-refractivity contribution < 1.29 is 19.7 Å². The third kappa shape index (κ3) is 5.35. The van der Waals surface area contributed by atoms with Crippen LogP contribution < -0.4 is 5.73 Å². The number of hydrogen-bond donors (Lipinski definition) is 3. The van der Waals surface area contributed by atoms with Crippen LogP contribution in [0.4, 0.5) is 5.82 Å². The molecule has 0 amide bonds. The lowest BCUT2D eigenvalue weighted by Crippen LogP contribution is -2.31. The van der Waals surface area contributed by atoms with Gasteiger partial charge in [0, 0.05) is 10.7 Å². The molecule has 1 aromatic carbocycles. The number of nitrogen functional groups attached to an aromatic ring is 1. The van der Waals surface area contributed by atoms with E-state index in [0.717, 1.165) is 10.0 Å². The van der Waals surface area contributed by atoms with Crippen molar-refractivity contribution in [2.45, 2.75) is 31.1 Å². The second-order valence-corrected chi connectivity index (χ2v) is 8.20. The molecular weight excluding hydrogens is 488 g/mol. The SMILES string of the molecule is C#C[C@@]1(CO)CC[C@H](n2ccc3c(N)nc(Cl)nc32)O1.O=C(O)Cc1ccc(Br)cc1. The van der Waals surface area contributed by atoms with Crippen LogP contribution in [0.15, 0.2) is 41.0 Å². The Morgan fingerprint density at radius 2 is 2.10 bits per heavy atom. The van der Waals surface area contributed by atoms with Crippen LogP contribution >= 0.6 is 27.5 Å². The van der Waals surface area contributed by atoms with Crippen LogP contribution in [0.2, 0.25) is 5.28 Å². The highest BCUT2D eigenvalue weighted by Gasteiger charge is 2.39. The molecule has 0 spiro atoms. The van der Waals surface area contributed by atoms with Crippen LogP contribution in [-0.4, -0.2) is 42.9 Å². The average molecular weight is 508 g/mol. The number of aromatic nitrogens is 3. The predicted molar refractivity (Wildman–Crippen MR) is 120 cm³/mol. The van der Waals surface area contributed by atoms with Crippen molar-refractivity contribution in [2.75, 3.05) is 12.3 Å². The van der Waals surface area contributed by atoms with E-state index in [1.807, 2.05) is 16.7 Å². The first-order valence-corrected chi connectivity index (χ1v) is 10.5. The van der Waals surface area contributed by atoms with Gasteiger partial charge in [0.15, 0.2) is 5.60 Å². The molecule has 0 aliphatic carbocycles. The first kappa shape index (κ1) is 23.0. The molecule has 10 heteroatoms. The highest BCUT2D eigenvalue weighted by molar-refractivity contribution is 9.10. The van der Waals surface area contributed by atoms with Gasteiger partial charge in [-0.3, -0.25) is 4.79 Å². The van der Waals surface area contributed by atoms with Gasteiger partial charge in [-0.25, -0.2) is 4.98 Å². The van der Waals surface area contributed by atoms with Gasteiger partial charge in [0.25, 0.3) is 0 Å². The zero-order valence-electron chi connectivity index (χ0n) is 16.3. The van der Waals surface area contributed by atoms with Crippen molar-refractivity contribution in [2.24, 2.45) is 0 Å². The number of nitrogens with zero attached hydrogens (tertiary/aromatic N) is 3. The fourth-order valence-corrected chi connectivity index (χ4v) is 3.67. The minimum absolute atomic E-state index is 0.0818. The number of nitrogens with two attached hydrogens (primary N) is 1. The topological polar surface area (TPSA) is 123 Å². The summed E-state index contributed by atoms with van der Waals surface area (Å²) in [7, 11) is 0. The molecule has 1 aliphatic rings. The van der Waals surface area contributed by atoms with E-state index in [1.54, 1.807) is 24.4 Å². The summed E-state index contributed by atoms with van der Waals surface area (Å²) in [5.41, 5.74) is 6.30. The van der Waals surface area contributed by atoms with Crippen molar-refractivity contribution in [3.63, 3.8) is 0 Å². The molecule has 3 heterocycles. The number of carboxylic acid groups (broad SMARTS) is 1. The van der Waals surface area contributed by atoms with Gasteiger partial charge in [0.05, 0.1) is 18.4 Å². The maximum absolute atomic E-state index is 10.2. The molecule has 1 aliphatic heterocycles. The zero-order chi connectivity index (χ0) is 22.6. The Bertz CT molecular complexity index is 1130. The Labute approximate surface area is 192 Å². The number of hydrogen-bond acceptors (Lipinski definition) is 6. The fraction of sp³-hybridized carbons (Fsp3) is 0.286. The van der Waals surface area contributed by atoms with Gasteiger partial charge in [0.1, 0.15) is 17.7 Å². The van der Waals surface area contributed by atoms with Crippen molar-refractivity contribution >= 4 is 50.4 Å². The highest BCUT2D eigenvalue weighted by atomic mass is 79.9. The molecule has 2 aromatic heterocycles. The summed E-state index contributed by atoms with van der Waals surface area (Å²) in [5.74, 6) is 2.04. The summed E-state index contributed by atoms with van der Waals surface area (Å²) >= 11 is 9.11. The predicted octanol–water partition coefficient (Wildman–Crippen LogP) is 3.42. The number of fused-ring (bicyclic) bond motifs is 1. The van der Waals surface area contributed by atoms with E-state index in [1.165, 1.54) is 0 Å². The first-order valence-electron chi connectivity index (χ1n) is 9.29. The van der Waals surface area contributed by atoms with Gasteiger partial charge < -0.3 is 25.3 Å². The van der Waals surface area contributed by atoms with Gasteiger partial charge in [-0.05, 0) is 48.2 Å². The van der Waals surface area contributed by atoms with E-state index in [0.29, 0.717) is 29.7 Å². The van der Waals surface area contributed by atoms with Crippen molar-refractivity contribution in [1.82, 2.24) is 14.5 Å². The molecule has 3 aromatic rings. The molecule has 0 radical (unpaired) electrons. The summed E-state index contributed by atoms with van der Waals surface area (Å²) in [6.45, 7) is -0.211. The molecule has 0 bridgehead atoms. The van der Waals surface area contributed by atoms with Gasteiger partial charge in [-0.15, -0.1) is 6.42 Å². The number of aliphatic hydroxyl groups is 1. The number of aliphatic carboxylic acids is 1. The largest absolute Gasteiger partial charge is 0.481 e. The van der Waals surface area contributed by atoms with Crippen LogP contribution in [0.3, 0.4) is 0 Å². The number of anilines is 1. The minimum Gasteiger partial charge on any atom is -0.481 e. The number of halogens is 2. The fourth-order valence-electron chi connectivity index (χ4n) is 3.24. The van der Waals surface area contributed by atoms with Crippen molar-refractivity contribution in [3.05, 3.63) is 51.8 Å². The van der Waals surface area contributed by atoms with Crippen LogP contribution in [0.25, 0.3) is 11.0 Å². The molecular formula is C21H20BrClN4O4. The van der Waals surface area contributed by atoms with E-state index in [4.69, 9.17) is 33.6 Å². The average Bonchev–Trinajstić information content (AvgIpc) is 3.34. The van der Waals surface area contributed by atoms with Crippen LogP contribution in [0.1, 0.15) is 24.6 Å². The van der Waals surface area contributed by atoms with Crippen molar-refractivity contribution in [1.29, 1.82) is 0 Å². The molecule has 31 heavy (non-hydrogen) atoms. The Balaban J connectivity index is 0.000000210. The van der Waals surface area contributed by atoms with E-state index in [2.05, 4.69) is 31.8 Å². The molecule has 1 fully saturated rings. The summed E-state index contributed by atoms with van der Waals surface area (Å²) in [5, 5.41) is 18.6. The van der Waals surface area contributed by atoms with Gasteiger partial charge >= 0.3 is 5.97 Å². The quantitative estimate of drug-likeness (QED) is 0.365. The van der Waals surface area contributed by atoms with E-state index in [9.17, 15) is 9.90 Å². The van der Waals surface area contributed by atoms with Gasteiger partial charge in [-0.2, -0.15) is 4.98 Å². The molecule has 2 atom stereocenters. The first-order chi connectivity index (χ1) is 14.8. The molecule has 4 rings (SSSR count). The number of ether oxygens (including phenoxy) is 1. The smallest absolute Gasteiger partial charge is 0.307 e. The summed E-state index contributed by atoms with van der Waals surface area (Å²) < 4.78 is 8.59. The van der Waals surface area contributed by atoms with Crippen LogP contribution in [0, 0.1) is 12.3 Å². The molecule has 0 unspecified atom stereocenters. The normalized spacial score (nSPS) is 20.1. The van der Waals surface area contributed by atoms with E-state index < -0.39 is 11.6 Å². The lowest BCUT2D eigenvalue weighted by atomic mass is 10.0. The second kappa shape index (κ2) is 9.66. The standard InChI is InChI=1S/C13H13ClN4O2.C8H7BrO2/c1-2-13(7-19)5-3-9(20-13)18-6-4-8-10(15)16-12(14)17-11(8)18;9-7-3-1-6(2-4-7)5-8(10)11/h1,4,6,9,19H,3,5,7H2,(H2,15,16,17);1-4H,5H2,(H,10,11)/t9-,13+;/m1./s1. The number of carbonyl (C=O) groups is 1. The van der Waals surface area contributed by atoms with Crippen molar-refractivity contribution in [3.8, 4) is 12.3 Å². The Morgan fingerprint density at radius 1 is 1.39 bits per heavy atom. The van der Waals surface area contributed by atoms with E-state index in [-0.39, 0.29) is 24.5 Å². The summed E-state index contributed by atoms with van der Waals surface area (Å²) in [4.78, 5) is 18.3. The molecule has 8 nitrogen and oxygen atoms in total. The van der Waals surface area contributed by atoms with Crippen LogP contribution in [0.5, 0.6) is 0 Å². The maximum Gasteiger partial charge on any atom is 0.307 e. The Hall–Kier alpha value is -2.64. The molecule has 0 saturated carbocycles. The number of rotatable bonds is 4. The number of carboxylic acids is 1. The van der Waals surface area contributed by atoms with Gasteiger partial charge in [-0.1, -0.05) is 34.0 Å². The summed E-state index contributed by atoms with van der Waals surface area (Å²) in [6, 6.07) is 9.05. The monoisotopic (exact) mass is 506 g/mol. The Kier molecular flexibility index (Phi) is 7.18. The Morgan fingerprint density at radius 3 is 2.68 bits per heavy atom. The lowest BCUT2D eigenvalue weighted by molar-refractivity contribution is -0.136. The molecule has 1 saturated heterocycles. The second-order valence-electron chi connectivity index (χ2n) is 6.94. The summed E-state index contributed by atoms with van der Waals surface area (Å²) in [6.07, 6.45) is 8.30. The van der Waals surface area contributed by atoms with E-state index >= 15 is 0 Å².